The van der Waals surface area contributed by atoms with E-state index in [1.165, 1.54) is 50.0 Å². The fourth-order valence-electron chi connectivity index (χ4n) is 5.49. The Morgan fingerprint density at radius 2 is 1.41 bits per heavy atom. The maximum Gasteiger partial charge on any atom is 0.472 e. The Labute approximate surface area is 227 Å². The SMILES string of the molecule is CCCCC1(CCCCCCCCCCCCCOP(=O)(O)OC2CCN(C)CC2)OCC(C)(C)N1[O]. The number of hydrogen-bond donors (Lipinski definition) is 1. The summed E-state index contributed by atoms with van der Waals surface area (Å²) in [5, 5.41) is 14.1. The average molecular weight is 548 g/mol. The first kappa shape index (κ1) is 33.2. The maximum absolute atomic E-state index is 12.9. The van der Waals surface area contributed by atoms with Crippen molar-refractivity contribution in [2.45, 2.75) is 147 Å². The van der Waals surface area contributed by atoms with Crippen LogP contribution in [-0.4, -0.2) is 65.6 Å². The molecule has 2 atom stereocenters. The molecule has 0 aliphatic carbocycles. The van der Waals surface area contributed by atoms with Crippen molar-refractivity contribution in [1.82, 2.24) is 9.96 Å². The summed E-state index contributed by atoms with van der Waals surface area (Å²) in [5.74, 6) is 0. The normalized spacial score (nSPS) is 25.0. The molecule has 0 aromatic carbocycles. The van der Waals surface area contributed by atoms with Crippen molar-refractivity contribution in [1.29, 1.82) is 0 Å². The number of phosphoric acid groups is 1. The van der Waals surface area contributed by atoms with Gasteiger partial charge in [-0.05, 0) is 65.8 Å². The molecule has 37 heavy (non-hydrogen) atoms. The molecule has 0 spiro atoms. The molecule has 8 nitrogen and oxygen atoms in total. The van der Waals surface area contributed by atoms with E-state index in [1.807, 2.05) is 20.9 Å². The molecule has 0 saturated carbocycles. The van der Waals surface area contributed by atoms with Crippen molar-refractivity contribution in [3.05, 3.63) is 0 Å². The molecule has 2 heterocycles. The van der Waals surface area contributed by atoms with Crippen LogP contribution in [0.15, 0.2) is 0 Å². The van der Waals surface area contributed by atoms with Crippen molar-refractivity contribution < 1.29 is 28.5 Å². The number of unbranched alkanes of at least 4 members (excludes halogenated alkanes) is 11. The first-order valence-corrected chi connectivity index (χ1v) is 16.6. The van der Waals surface area contributed by atoms with Crippen molar-refractivity contribution in [3.8, 4) is 0 Å². The zero-order chi connectivity index (χ0) is 27.2. The summed E-state index contributed by atoms with van der Waals surface area (Å²) in [6.45, 7) is 8.74. The molecule has 2 unspecified atom stereocenters. The zero-order valence-corrected chi connectivity index (χ0v) is 25.2. The zero-order valence-electron chi connectivity index (χ0n) is 24.3. The van der Waals surface area contributed by atoms with Crippen LogP contribution in [0.5, 0.6) is 0 Å². The lowest BCUT2D eigenvalue weighted by molar-refractivity contribution is -0.296. The number of hydrogen-bond acceptors (Lipinski definition) is 6. The predicted molar refractivity (Wildman–Crippen MR) is 148 cm³/mol. The van der Waals surface area contributed by atoms with E-state index in [2.05, 4.69) is 11.8 Å². The third-order valence-corrected chi connectivity index (χ3v) is 9.02. The van der Waals surface area contributed by atoms with Crippen molar-refractivity contribution in [2.24, 2.45) is 0 Å². The Morgan fingerprint density at radius 1 is 0.892 bits per heavy atom. The summed E-state index contributed by atoms with van der Waals surface area (Å²) in [6.07, 6.45) is 17.8. The third-order valence-electron chi connectivity index (χ3n) is 7.95. The number of likely N-dealkylation sites (tertiary alicyclic amines) is 1. The van der Waals surface area contributed by atoms with Gasteiger partial charge in [0.2, 0.25) is 0 Å². The maximum atomic E-state index is 12.9. The van der Waals surface area contributed by atoms with Gasteiger partial charge in [0.15, 0.2) is 0 Å². The van der Waals surface area contributed by atoms with Gasteiger partial charge in [-0.1, -0.05) is 71.1 Å². The van der Waals surface area contributed by atoms with E-state index in [-0.39, 0.29) is 12.7 Å². The fraction of sp³-hybridized carbons (Fsp3) is 1.00. The highest BCUT2D eigenvalue weighted by molar-refractivity contribution is 7.47. The molecule has 9 heteroatoms. The van der Waals surface area contributed by atoms with Crippen LogP contribution in [-0.2, 0) is 23.6 Å². The Hall–Kier alpha value is -0.0500. The minimum Gasteiger partial charge on any atom is -0.356 e. The number of hydroxylamine groups is 2. The van der Waals surface area contributed by atoms with Gasteiger partial charge in [0.25, 0.3) is 0 Å². The quantitative estimate of drug-likeness (QED) is 0.127. The largest absolute Gasteiger partial charge is 0.472 e. The number of ether oxygens (including phenoxy) is 1. The minimum atomic E-state index is -3.93. The number of rotatable bonds is 20. The molecule has 1 N–H and O–H groups in total. The number of phosphoric ester groups is 1. The summed E-state index contributed by atoms with van der Waals surface area (Å²) in [6, 6.07) is 0. The average Bonchev–Trinajstić information content (AvgIpc) is 3.08. The first-order valence-electron chi connectivity index (χ1n) is 15.1. The van der Waals surface area contributed by atoms with Gasteiger partial charge in [-0.25, -0.2) is 4.57 Å². The molecule has 2 aliphatic heterocycles. The van der Waals surface area contributed by atoms with Crippen LogP contribution >= 0.6 is 7.82 Å². The molecule has 2 aliphatic rings. The lowest BCUT2D eigenvalue weighted by Gasteiger charge is -2.35. The van der Waals surface area contributed by atoms with Gasteiger partial charge in [-0.3, -0.25) is 9.05 Å². The second kappa shape index (κ2) is 16.9. The molecule has 2 fully saturated rings. The lowest BCUT2D eigenvalue weighted by atomic mass is 9.95. The molecule has 2 saturated heterocycles. The molecule has 1 radical (unpaired) electrons. The van der Waals surface area contributed by atoms with Crippen LogP contribution in [0.1, 0.15) is 130 Å². The van der Waals surface area contributed by atoms with Gasteiger partial charge in [-0.2, -0.15) is 0 Å². The molecule has 2 rings (SSSR count). The van der Waals surface area contributed by atoms with Crippen LogP contribution in [0, 0.1) is 0 Å². The lowest BCUT2D eigenvalue weighted by Crippen LogP contribution is -2.49. The molecule has 219 valence electrons. The van der Waals surface area contributed by atoms with Crippen molar-refractivity contribution >= 4 is 7.82 Å². The second-order valence-electron chi connectivity index (χ2n) is 12.0. The summed E-state index contributed by atoms with van der Waals surface area (Å²) in [5.41, 5.74) is -1.01. The Morgan fingerprint density at radius 3 is 1.92 bits per heavy atom. The van der Waals surface area contributed by atoms with Gasteiger partial charge in [0.05, 0.1) is 24.9 Å². The van der Waals surface area contributed by atoms with Gasteiger partial charge in [0, 0.05) is 13.1 Å². The van der Waals surface area contributed by atoms with Crippen LogP contribution in [0.4, 0.5) is 0 Å². The topological polar surface area (TPSA) is 91.4 Å². The highest BCUT2D eigenvalue weighted by atomic mass is 31.2. The Balaban J connectivity index is 1.41. The van der Waals surface area contributed by atoms with Gasteiger partial charge in [-0.15, -0.1) is 10.3 Å². The van der Waals surface area contributed by atoms with Gasteiger partial charge < -0.3 is 14.5 Å². The molecular weight excluding hydrogens is 491 g/mol. The monoisotopic (exact) mass is 547 g/mol. The van der Waals surface area contributed by atoms with E-state index in [0.29, 0.717) is 6.61 Å². The van der Waals surface area contributed by atoms with E-state index in [1.54, 1.807) is 0 Å². The van der Waals surface area contributed by atoms with Crippen LogP contribution < -0.4 is 0 Å². The smallest absolute Gasteiger partial charge is 0.356 e. The van der Waals surface area contributed by atoms with E-state index in [0.717, 1.165) is 77.3 Å². The number of nitrogens with zero attached hydrogens (tertiary/aromatic N) is 2. The highest BCUT2D eigenvalue weighted by Crippen LogP contribution is 2.46. The van der Waals surface area contributed by atoms with Crippen LogP contribution in [0.2, 0.25) is 0 Å². The molecule has 0 aromatic heterocycles. The predicted octanol–water partition coefficient (Wildman–Crippen LogP) is 7.24. The standard InChI is InChI=1S/C28H56N2O6P/c1-5-6-20-28(30(31)27(2,3)25-34-28)21-16-14-12-10-8-7-9-11-13-15-17-24-35-37(32,33)36-26-18-22-29(4)23-19-26/h26H,5-25H2,1-4H3,(H,32,33). The first-order chi connectivity index (χ1) is 17.6. The molecule has 0 aromatic rings. The third kappa shape index (κ3) is 12.3. The van der Waals surface area contributed by atoms with E-state index < -0.39 is 19.1 Å². The van der Waals surface area contributed by atoms with Crippen LogP contribution in [0.3, 0.4) is 0 Å². The van der Waals surface area contributed by atoms with Crippen molar-refractivity contribution in [2.75, 3.05) is 33.4 Å². The van der Waals surface area contributed by atoms with Crippen molar-refractivity contribution in [3.63, 3.8) is 0 Å². The van der Waals surface area contributed by atoms with Gasteiger partial charge >= 0.3 is 7.82 Å². The van der Waals surface area contributed by atoms with Gasteiger partial charge in [0.1, 0.15) is 5.72 Å². The fourth-order valence-corrected chi connectivity index (χ4v) is 6.50. The highest BCUT2D eigenvalue weighted by Gasteiger charge is 2.51. The van der Waals surface area contributed by atoms with E-state index >= 15 is 0 Å². The minimum absolute atomic E-state index is 0.175. The summed E-state index contributed by atoms with van der Waals surface area (Å²) < 4.78 is 28.7. The number of piperidine rings is 1. The summed E-state index contributed by atoms with van der Waals surface area (Å²) in [7, 11) is -1.88. The Kier molecular flexibility index (Phi) is 15.2. The summed E-state index contributed by atoms with van der Waals surface area (Å²) in [4.78, 5) is 12.1. The second-order valence-corrected chi connectivity index (χ2v) is 13.4. The summed E-state index contributed by atoms with van der Waals surface area (Å²) >= 11 is 0. The van der Waals surface area contributed by atoms with E-state index in [9.17, 15) is 14.7 Å². The van der Waals surface area contributed by atoms with Crippen LogP contribution in [0.25, 0.3) is 0 Å². The Bertz CT molecular complexity index is 659. The molecule has 0 bridgehead atoms. The van der Waals surface area contributed by atoms with E-state index in [4.69, 9.17) is 13.8 Å². The molecule has 0 amide bonds. The molecular formula is C28H56N2O6P.